The number of hydrogen-bond acceptors (Lipinski definition) is 5. The number of nitrogens with zero attached hydrogens (tertiary/aromatic N) is 1. The quantitative estimate of drug-likeness (QED) is 0.325. The van der Waals surface area contributed by atoms with Gasteiger partial charge in [0.1, 0.15) is 0 Å². The largest absolute Gasteiger partial charge is 0.490 e. The molecule has 192 valence electrons. The number of pyridine rings is 1. The monoisotopic (exact) mass is 516 g/mol. The standard InChI is InChI=1S/C22H18N4O4.C2HF3O2/c27-20(4-5-21(28)29)25-15-3-1-2-13(10-15)18-11-14(6-8-23-18)19-12-16-17(26-19)7-9-24-22(16)30;3-2(4,5)1(6)7/h1-6,8,10-12,26H,7,9H2,(H,24,30)(H,25,27)(H,28,29);(H,6,7)/b5-4-;. The molecular formula is C24H19F3N4O6. The van der Waals surface area contributed by atoms with E-state index in [-0.39, 0.29) is 5.91 Å². The van der Waals surface area contributed by atoms with Crippen LogP contribution < -0.4 is 10.6 Å². The molecular weight excluding hydrogens is 497 g/mol. The highest BCUT2D eigenvalue weighted by molar-refractivity contribution is 6.02. The number of benzene rings is 1. The van der Waals surface area contributed by atoms with Crippen LogP contribution in [0.2, 0.25) is 0 Å². The molecule has 2 amide bonds. The van der Waals surface area contributed by atoms with Crippen molar-refractivity contribution in [2.24, 2.45) is 0 Å². The van der Waals surface area contributed by atoms with Gasteiger partial charge in [-0.15, -0.1) is 0 Å². The van der Waals surface area contributed by atoms with Crippen molar-refractivity contribution in [2.75, 3.05) is 11.9 Å². The number of carbonyl (C=O) groups is 4. The molecule has 3 aromatic rings. The molecule has 2 aromatic heterocycles. The molecule has 0 radical (unpaired) electrons. The number of carboxylic acids is 2. The van der Waals surface area contributed by atoms with Crippen LogP contribution in [0.3, 0.4) is 0 Å². The van der Waals surface area contributed by atoms with E-state index in [1.54, 1.807) is 24.4 Å². The Labute approximate surface area is 206 Å². The molecule has 0 saturated carbocycles. The number of amides is 2. The molecule has 13 heteroatoms. The second-order valence-electron chi connectivity index (χ2n) is 7.56. The molecule has 0 bridgehead atoms. The Morgan fingerprint density at radius 3 is 2.41 bits per heavy atom. The van der Waals surface area contributed by atoms with Crippen LogP contribution in [0.25, 0.3) is 22.5 Å². The minimum absolute atomic E-state index is 0.0755. The number of aromatic nitrogens is 2. The number of fused-ring (bicyclic) bond motifs is 1. The summed E-state index contributed by atoms with van der Waals surface area (Å²) >= 11 is 0. The summed E-state index contributed by atoms with van der Waals surface area (Å²) in [5.41, 5.74) is 5.31. The van der Waals surface area contributed by atoms with Crippen LogP contribution in [-0.4, -0.2) is 56.7 Å². The van der Waals surface area contributed by atoms with Crippen molar-refractivity contribution < 1.29 is 42.6 Å². The Bertz CT molecular complexity index is 1380. The molecule has 4 rings (SSSR count). The normalized spacial score (nSPS) is 12.7. The van der Waals surface area contributed by atoms with Gasteiger partial charge in [0, 0.05) is 59.5 Å². The van der Waals surface area contributed by atoms with E-state index < -0.39 is 24.0 Å². The number of alkyl halides is 3. The molecule has 3 heterocycles. The van der Waals surface area contributed by atoms with Crippen molar-refractivity contribution in [2.45, 2.75) is 12.6 Å². The number of halogens is 3. The van der Waals surface area contributed by atoms with E-state index in [4.69, 9.17) is 15.0 Å². The highest BCUT2D eigenvalue weighted by Gasteiger charge is 2.38. The molecule has 0 unspecified atom stereocenters. The summed E-state index contributed by atoms with van der Waals surface area (Å²) in [7, 11) is 0. The van der Waals surface area contributed by atoms with E-state index in [9.17, 15) is 27.6 Å². The van der Waals surface area contributed by atoms with Crippen molar-refractivity contribution in [1.82, 2.24) is 15.3 Å². The number of anilines is 1. The predicted octanol–water partition coefficient (Wildman–Crippen LogP) is 3.24. The van der Waals surface area contributed by atoms with Crippen molar-refractivity contribution >= 4 is 29.4 Å². The molecule has 0 atom stereocenters. The molecule has 0 fully saturated rings. The number of nitrogens with one attached hydrogen (secondary N) is 3. The van der Waals surface area contributed by atoms with E-state index in [1.165, 1.54) is 0 Å². The number of aliphatic carboxylic acids is 2. The lowest BCUT2D eigenvalue weighted by atomic mass is 10.1. The lowest BCUT2D eigenvalue weighted by Crippen LogP contribution is -2.31. The minimum Gasteiger partial charge on any atom is -0.478 e. The van der Waals surface area contributed by atoms with Gasteiger partial charge < -0.3 is 25.8 Å². The summed E-state index contributed by atoms with van der Waals surface area (Å²) in [4.78, 5) is 51.0. The average molecular weight is 516 g/mol. The summed E-state index contributed by atoms with van der Waals surface area (Å²) in [6, 6.07) is 12.7. The van der Waals surface area contributed by atoms with Crippen LogP contribution in [0.5, 0.6) is 0 Å². The lowest BCUT2D eigenvalue weighted by molar-refractivity contribution is -0.192. The van der Waals surface area contributed by atoms with Crippen LogP contribution in [0.4, 0.5) is 18.9 Å². The van der Waals surface area contributed by atoms with E-state index in [2.05, 4.69) is 20.6 Å². The zero-order valence-electron chi connectivity index (χ0n) is 18.8. The topological polar surface area (TPSA) is 161 Å². The van der Waals surface area contributed by atoms with Crippen LogP contribution in [0.15, 0.2) is 60.8 Å². The fourth-order valence-electron chi connectivity index (χ4n) is 3.29. The smallest absolute Gasteiger partial charge is 0.478 e. The van der Waals surface area contributed by atoms with Crippen LogP contribution in [-0.2, 0) is 20.8 Å². The third-order valence-electron chi connectivity index (χ3n) is 4.92. The second-order valence-corrected chi connectivity index (χ2v) is 7.56. The molecule has 1 aliphatic heterocycles. The molecule has 1 aromatic carbocycles. The summed E-state index contributed by atoms with van der Waals surface area (Å²) in [6.07, 6.45) is -0.903. The van der Waals surface area contributed by atoms with Crippen molar-refractivity contribution in [3.8, 4) is 22.5 Å². The highest BCUT2D eigenvalue weighted by atomic mass is 19.4. The molecule has 0 spiro atoms. The molecule has 1 aliphatic rings. The Hall–Kier alpha value is -4.94. The van der Waals surface area contributed by atoms with Gasteiger partial charge in [-0.1, -0.05) is 12.1 Å². The van der Waals surface area contributed by atoms with Gasteiger partial charge in [-0.25, -0.2) is 9.59 Å². The van der Waals surface area contributed by atoms with Crippen LogP contribution in [0, 0.1) is 0 Å². The molecule has 37 heavy (non-hydrogen) atoms. The number of aromatic amines is 1. The molecule has 0 saturated heterocycles. The van der Waals surface area contributed by atoms with Gasteiger partial charge in [0.05, 0.1) is 11.3 Å². The minimum atomic E-state index is -5.08. The molecule has 0 aliphatic carbocycles. The zero-order chi connectivity index (χ0) is 27.2. The Kier molecular flexibility index (Phi) is 8.07. The lowest BCUT2D eigenvalue weighted by Gasteiger charge is -2.11. The zero-order valence-corrected chi connectivity index (χ0v) is 18.8. The number of carbonyl (C=O) groups excluding carboxylic acids is 2. The number of rotatable bonds is 5. The third-order valence-corrected chi connectivity index (χ3v) is 4.92. The molecule has 5 N–H and O–H groups in total. The Balaban J connectivity index is 0.000000479. The maximum Gasteiger partial charge on any atom is 0.490 e. The fourth-order valence-corrected chi connectivity index (χ4v) is 3.29. The predicted molar refractivity (Wildman–Crippen MR) is 125 cm³/mol. The first kappa shape index (κ1) is 26.7. The molecule has 10 nitrogen and oxygen atoms in total. The summed E-state index contributed by atoms with van der Waals surface area (Å²) < 4.78 is 31.7. The SMILES string of the molecule is O=C(O)/C=C\C(=O)Nc1cccc(-c2cc(-c3cc4c([nH]3)CCNC4=O)ccn2)c1.O=C(O)C(F)(F)F. The number of carboxylic acid groups (broad SMARTS) is 2. The van der Waals surface area contributed by atoms with Crippen molar-refractivity contribution in [3.05, 3.63) is 72.1 Å². The maximum atomic E-state index is 12.0. The first-order valence-electron chi connectivity index (χ1n) is 10.5. The second kappa shape index (κ2) is 11.2. The van der Waals surface area contributed by atoms with Gasteiger partial charge in [-0.05, 0) is 30.3 Å². The van der Waals surface area contributed by atoms with Crippen LogP contribution in [0.1, 0.15) is 16.1 Å². The van der Waals surface area contributed by atoms with Gasteiger partial charge in [0.25, 0.3) is 5.91 Å². The third kappa shape index (κ3) is 7.27. The van der Waals surface area contributed by atoms with Gasteiger partial charge in [-0.2, -0.15) is 13.2 Å². The summed E-state index contributed by atoms with van der Waals surface area (Å²) in [6.45, 7) is 0.619. The first-order chi connectivity index (χ1) is 17.4. The Morgan fingerprint density at radius 2 is 1.76 bits per heavy atom. The van der Waals surface area contributed by atoms with Crippen molar-refractivity contribution in [1.29, 1.82) is 0 Å². The van der Waals surface area contributed by atoms with Gasteiger partial charge in [-0.3, -0.25) is 14.6 Å². The Morgan fingerprint density at radius 1 is 1.03 bits per heavy atom. The number of hydrogen-bond donors (Lipinski definition) is 5. The van der Waals surface area contributed by atoms with Crippen LogP contribution >= 0.6 is 0 Å². The first-order valence-corrected chi connectivity index (χ1v) is 10.5. The van der Waals surface area contributed by atoms with Gasteiger partial charge >= 0.3 is 18.1 Å². The van der Waals surface area contributed by atoms with E-state index >= 15 is 0 Å². The fraction of sp³-hybridized carbons (Fsp3) is 0.125. The van der Waals surface area contributed by atoms with E-state index in [0.29, 0.717) is 23.5 Å². The highest BCUT2D eigenvalue weighted by Crippen LogP contribution is 2.28. The maximum absolute atomic E-state index is 12.0. The van der Waals surface area contributed by atoms with E-state index in [0.717, 1.165) is 41.1 Å². The average Bonchev–Trinajstić information content (AvgIpc) is 3.29. The summed E-state index contributed by atoms with van der Waals surface area (Å²) in [5, 5.41) is 21.2. The van der Waals surface area contributed by atoms with Gasteiger partial charge in [0.15, 0.2) is 0 Å². The van der Waals surface area contributed by atoms with Gasteiger partial charge in [0.2, 0.25) is 5.91 Å². The van der Waals surface area contributed by atoms with Crippen molar-refractivity contribution in [3.63, 3.8) is 0 Å². The summed E-state index contributed by atoms with van der Waals surface area (Å²) in [5.74, 6) is -4.56. The number of H-pyrrole nitrogens is 1. The van der Waals surface area contributed by atoms with E-state index in [1.807, 2.05) is 24.3 Å².